The van der Waals surface area contributed by atoms with Gasteiger partial charge in [0.2, 0.25) is 0 Å². The van der Waals surface area contributed by atoms with E-state index in [1.54, 1.807) is 12.2 Å². The second-order valence-electron chi connectivity index (χ2n) is 2.24. The first-order valence-electron chi connectivity index (χ1n) is 3.73. The van der Waals surface area contributed by atoms with E-state index in [0.717, 1.165) is 0 Å². The third-order valence-corrected chi connectivity index (χ3v) is 1.29. The van der Waals surface area contributed by atoms with Crippen LogP contribution in [0.1, 0.15) is 12.8 Å². The minimum Gasteiger partial charge on any atom is -0.508 e. The maximum absolute atomic E-state index is 8.92. The Morgan fingerprint density at radius 3 is 1.50 bits per heavy atom. The molecule has 0 aliphatic carbocycles. The molecule has 0 radical (unpaired) electrons. The molecule has 0 saturated heterocycles. The number of hydrogen-bond donors (Lipinski definition) is 2. The Bertz CT molecular complexity index is 188. The molecule has 0 saturated carbocycles. The molecular formula is C10H14O2. The Labute approximate surface area is 72.9 Å². The molecule has 0 aliphatic rings. The predicted molar refractivity (Wildman–Crippen MR) is 51.1 cm³/mol. The highest BCUT2D eigenvalue weighted by atomic mass is 16.3. The Balaban J connectivity index is 3.71. The molecule has 0 bridgehead atoms. The molecule has 0 spiro atoms. The first-order chi connectivity index (χ1) is 5.70. The van der Waals surface area contributed by atoms with Gasteiger partial charge in [-0.15, -0.1) is 0 Å². The highest BCUT2D eigenvalue weighted by Crippen LogP contribution is 2.00. The second-order valence-corrected chi connectivity index (χ2v) is 2.24. The number of aliphatic hydroxyl groups is 2. The number of hydrogen-bond acceptors (Lipinski definition) is 2. The van der Waals surface area contributed by atoms with Crippen molar-refractivity contribution < 1.29 is 10.2 Å². The number of allylic oxidation sites excluding steroid dienone is 4. The SMILES string of the molecule is C=C/C(O)=C/CC/C=C(/O)C=C. The predicted octanol–water partition coefficient (Wildman–Crippen LogP) is 3.02. The van der Waals surface area contributed by atoms with Crippen LogP contribution in [0.15, 0.2) is 49.0 Å². The maximum Gasteiger partial charge on any atom is 0.111 e. The van der Waals surface area contributed by atoms with Crippen molar-refractivity contribution in [3.8, 4) is 0 Å². The fourth-order valence-corrected chi connectivity index (χ4v) is 0.629. The van der Waals surface area contributed by atoms with Gasteiger partial charge in [-0.25, -0.2) is 0 Å². The van der Waals surface area contributed by atoms with Gasteiger partial charge < -0.3 is 10.2 Å². The smallest absolute Gasteiger partial charge is 0.111 e. The van der Waals surface area contributed by atoms with Gasteiger partial charge in [0, 0.05) is 0 Å². The van der Waals surface area contributed by atoms with Crippen LogP contribution in [0.2, 0.25) is 0 Å². The molecule has 66 valence electrons. The van der Waals surface area contributed by atoms with Crippen LogP contribution in [0.4, 0.5) is 0 Å². The summed E-state index contributed by atoms with van der Waals surface area (Å²) in [6.45, 7) is 6.78. The summed E-state index contributed by atoms with van der Waals surface area (Å²) >= 11 is 0. The van der Waals surface area contributed by atoms with Gasteiger partial charge in [-0.1, -0.05) is 13.2 Å². The average molecular weight is 166 g/mol. The van der Waals surface area contributed by atoms with Gasteiger partial charge in [-0.05, 0) is 37.1 Å². The van der Waals surface area contributed by atoms with Crippen LogP contribution in [0.25, 0.3) is 0 Å². The van der Waals surface area contributed by atoms with Gasteiger partial charge in [0.15, 0.2) is 0 Å². The van der Waals surface area contributed by atoms with Crippen molar-refractivity contribution in [2.75, 3.05) is 0 Å². The molecule has 0 rings (SSSR count). The monoisotopic (exact) mass is 166 g/mol. The van der Waals surface area contributed by atoms with Gasteiger partial charge in [0.1, 0.15) is 11.5 Å². The van der Waals surface area contributed by atoms with Gasteiger partial charge in [-0.3, -0.25) is 0 Å². The molecule has 0 fully saturated rings. The number of unbranched alkanes of at least 4 members (excludes halogenated alkanes) is 1. The molecule has 0 unspecified atom stereocenters. The fourth-order valence-electron chi connectivity index (χ4n) is 0.629. The lowest BCUT2D eigenvalue weighted by Gasteiger charge is -1.91. The summed E-state index contributed by atoms with van der Waals surface area (Å²) in [6.07, 6.45) is 7.37. The molecule has 0 heterocycles. The molecule has 2 nitrogen and oxygen atoms in total. The first kappa shape index (κ1) is 10.6. The van der Waals surface area contributed by atoms with Crippen molar-refractivity contribution in [1.29, 1.82) is 0 Å². The zero-order chi connectivity index (χ0) is 9.40. The van der Waals surface area contributed by atoms with Gasteiger partial charge in [0.05, 0.1) is 0 Å². The van der Waals surface area contributed by atoms with Crippen LogP contribution in [0, 0.1) is 0 Å². The molecule has 0 aromatic heterocycles. The third kappa shape index (κ3) is 5.35. The molecule has 0 aliphatic heterocycles. The van der Waals surface area contributed by atoms with E-state index in [1.165, 1.54) is 12.2 Å². The summed E-state index contributed by atoms with van der Waals surface area (Å²) in [5.74, 6) is 0.336. The largest absolute Gasteiger partial charge is 0.508 e. The third-order valence-electron chi connectivity index (χ3n) is 1.29. The van der Waals surface area contributed by atoms with Crippen LogP contribution in [0.3, 0.4) is 0 Å². The fraction of sp³-hybridized carbons (Fsp3) is 0.200. The molecule has 0 amide bonds. The highest BCUT2D eigenvalue weighted by Gasteiger charge is 1.85. The Morgan fingerprint density at radius 1 is 0.917 bits per heavy atom. The van der Waals surface area contributed by atoms with E-state index in [0.29, 0.717) is 12.8 Å². The van der Waals surface area contributed by atoms with Crippen LogP contribution in [0.5, 0.6) is 0 Å². The lowest BCUT2D eigenvalue weighted by atomic mass is 10.2. The van der Waals surface area contributed by atoms with Gasteiger partial charge in [-0.2, -0.15) is 0 Å². The zero-order valence-corrected chi connectivity index (χ0v) is 7.03. The van der Waals surface area contributed by atoms with E-state index in [4.69, 9.17) is 10.2 Å². The molecule has 0 aromatic carbocycles. The number of aliphatic hydroxyl groups excluding tert-OH is 2. The average Bonchev–Trinajstić information content (AvgIpc) is 2.11. The second kappa shape index (κ2) is 6.28. The van der Waals surface area contributed by atoms with Crippen molar-refractivity contribution in [2.24, 2.45) is 0 Å². The minimum atomic E-state index is 0.168. The summed E-state index contributed by atoms with van der Waals surface area (Å²) in [5.41, 5.74) is 0. The van der Waals surface area contributed by atoms with Gasteiger partial charge >= 0.3 is 0 Å². The van der Waals surface area contributed by atoms with Crippen LogP contribution < -0.4 is 0 Å². The van der Waals surface area contributed by atoms with Gasteiger partial charge in [0.25, 0.3) is 0 Å². The lowest BCUT2D eigenvalue weighted by Crippen LogP contribution is -1.76. The van der Waals surface area contributed by atoms with E-state index in [1.807, 2.05) is 0 Å². The first-order valence-corrected chi connectivity index (χ1v) is 3.73. The normalized spacial score (nSPS) is 12.7. The summed E-state index contributed by atoms with van der Waals surface area (Å²) in [6, 6.07) is 0. The number of rotatable bonds is 5. The Hall–Kier alpha value is -1.44. The molecule has 0 atom stereocenters. The summed E-state index contributed by atoms with van der Waals surface area (Å²) in [4.78, 5) is 0. The lowest BCUT2D eigenvalue weighted by molar-refractivity contribution is 0.426. The van der Waals surface area contributed by atoms with Crippen LogP contribution in [-0.2, 0) is 0 Å². The van der Waals surface area contributed by atoms with Crippen molar-refractivity contribution in [1.82, 2.24) is 0 Å². The van der Waals surface area contributed by atoms with E-state index in [9.17, 15) is 0 Å². The quantitative estimate of drug-likeness (QED) is 0.374. The zero-order valence-electron chi connectivity index (χ0n) is 7.03. The molecule has 2 heteroatoms. The van der Waals surface area contributed by atoms with E-state index < -0.39 is 0 Å². The van der Waals surface area contributed by atoms with E-state index >= 15 is 0 Å². The standard InChI is InChI=1S/C10H14O2/c1-3-9(11)7-5-6-8-10(12)4-2/h3-4,7-8,11-12H,1-2,5-6H2/b9-7-,10-8+. The highest BCUT2D eigenvalue weighted by molar-refractivity contribution is 5.09. The summed E-state index contributed by atoms with van der Waals surface area (Å²) in [7, 11) is 0. The summed E-state index contributed by atoms with van der Waals surface area (Å²) in [5, 5.41) is 17.8. The summed E-state index contributed by atoms with van der Waals surface area (Å²) < 4.78 is 0. The molecule has 12 heavy (non-hydrogen) atoms. The Morgan fingerprint density at radius 2 is 1.25 bits per heavy atom. The van der Waals surface area contributed by atoms with E-state index in [-0.39, 0.29) is 11.5 Å². The Kier molecular flexibility index (Phi) is 5.53. The van der Waals surface area contributed by atoms with Crippen molar-refractivity contribution in [3.63, 3.8) is 0 Å². The minimum absolute atomic E-state index is 0.168. The van der Waals surface area contributed by atoms with Crippen molar-refractivity contribution in [2.45, 2.75) is 12.8 Å². The molecular weight excluding hydrogens is 152 g/mol. The van der Waals surface area contributed by atoms with Crippen LogP contribution in [-0.4, -0.2) is 10.2 Å². The van der Waals surface area contributed by atoms with Crippen LogP contribution >= 0.6 is 0 Å². The molecule has 2 N–H and O–H groups in total. The van der Waals surface area contributed by atoms with Crippen molar-refractivity contribution >= 4 is 0 Å². The maximum atomic E-state index is 8.92. The van der Waals surface area contributed by atoms with Crippen molar-refractivity contribution in [3.05, 3.63) is 49.0 Å². The van der Waals surface area contributed by atoms with E-state index in [2.05, 4.69) is 13.2 Å². The topological polar surface area (TPSA) is 40.5 Å². The molecule has 0 aromatic rings.